The summed E-state index contributed by atoms with van der Waals surface area (Å²) in [5, 5.41) is 17.8. The Bertz CT molecular complexity index is 722. The van der Waals surface area contributed by atoms with Crippen LogP contribution in [0.5, 0.6) is 5.75 Å². The van der Waals surface area contributed by atoms with Gasteiger partial charge in [-0.3, -0.25) is 9.89 Å². The number of H-pyrrole nitrogens is 1. The summed E-state index contributed by atoms with van der Waals surface area (Å²) >= 11 is 0. The maximum atomic E-state index is 11.3. The molecule has 20 heavy (non-hydrogen) atoms. The zero-order valence-corrected chi connectivity index (χ0v) is 10.1. The fourth-order valence-corrected chi connectivity index (χ4v) is 2.04. The fraction of sp³-hybridized carbons (Fsp3) is 0.0833. The van der Waals surface area contributed by atoms with Crippen molar-refractivity contribution >= 4 is 23.4 Å². The second-order valence-electron chi connectivity index (χ2n) is 4.21. The largest absolute Gasteiger partial charge is 0.482 e. The molecule has 0 radical (unpaired) electrons. The van der Waals surface area contributed by atoms with Crippen LogP contribution >= 0.6 is 0 Å². The zero-order chi connectivity index (χ0) is 14.3. The summed E-state index contributed by atoms with van der Waals surface area (Å²) in [5.41, 5.74) is 6.86. The highest BCUT2D eigenvalue weighted by Gasteiger charge is 2.21. The first-order valence-corrected chi connectivity index (χ1v) is 5.70. The Labute approximate surface area is 112 Å². The topological polar surface area (TPSA) is 130 Å². The van der Waals surface area contributed by atoms with Crippen LogP contribution in [-0.2, 0) is 4.79 Å². The molecule has 0 bridgehead atoms. The predicted octanol–water partition coefficient (Wildman–Crippen LogP) is 0.688. The van der Waals surface area contributed by atoms with Gasteiger partial charge in [0.15, 0.2) is 18.1 Å². The molecule has 2 aromatic rings. The number of nitrogens with one attached hydrogen (secondary N) is 2. The van der Waals surface area contributed by atoms with Crippen molar-refractivity contribution < 1.29 is 19.4 Å². The number of anilines is 2. The normalized spacial score (nSPS) is 13.3. The average Bonchev–Trinajstić information content (AvgIpc) is 2.80. The summed E-state index contributed by atoms with van der Waals surface area (Å²) in [6.07, 6.45) is 0. The Kier molecular flexibility index (Phi) is 2.56. The van der Waals surface area contributed by atoms with Crippen LogP contribution in [0.4, 0.5) is 11.5 Å². The summed E-state index contributed by atoms with van der Waals surface area (Å²) in [5.74, 6) is -0.840. The molecule has 1 aliphatic heterocycles. The number of nitrogens with zero attached hydrogens (tertiary/aromatic N) is 1. The van der Waals surface area contributed by atoms with Gasteiger partial charge < -0.3 is 20.9 Å². The maximum Gasteiger partial charge on any atom is 0.354 e. The van der Waals surface area contributed by atoms with Crippen molar-refractivity contribution in [3.8, 4) is 16.9 Å². The number of ether oxygens (including phenoxy) is 1. The van der Waals surface area contributed by atoms with E-state index < -0.39 is 5.97 Å². The molecule has 0 saturated heterocycles. The number of hydrogen-bond donors (Lipinski definition) is 4. The van der Waals surface area contributed by atoms with Crippen molar-refractivity contribution in [1.82, 2.24) is 10.2 Å². The van der Waals surface area contributed by atoms with Crippen LogP contribution in [0.25, 0.3) is 11.1 Å². The number of fused-ring (bicyclic) bond motifs is 1. The molecule has 0 aliphatic carbocycles. The molecule has 0 unspecified atom stereocenters. The minimum Gasteiger partial charge on any atom is -0.482 e. The first-order chi connectivity index (χ1) is 9.56. The van der Waals surface area contributed by atoms with Crippen molar-refractivity contribution in [1.29, 1.82) is 0 Å². The number of nitrogens with two attached hydrogens (primary N) is 1. The molecule has 1 aromatic heterocycles. The van der Waals surface area contributed by atoms with E-state index in [1.165, 1.54) is 0 Å². The molecular formula is C12H10N4O4. The van der Waals surface area contributed by atoms with Gasteiger partial charge in [-0.2, -0.15) is 5.10 Å². The molecule has 0 fully saturated rings. The molecule has 3 rings (SSSR count). The van der Waals surface area contributed by atoms with Gasteiger partial charge in [-0.1, -0.05) is 6.07 Å². The number of aromatic amines is 1. The highest BCUT2D eigenvalue weighted by atomic mass is 16.5. The van der Waals surface area contributed by atoms with Gasteiger partial charge in [0.05, 0.1) is 11.3 Å². The van der Waals surface area contributed by atoms with E-state index in [0.717, 1.165) is 0 Å². The Morgan fingerprint density at radius 1 is 1.45 bits per heavy atom. The molecule has 5 N–H and O–H groups in total. The molecule has 1 aliphatic rings. The van der Waals surface area contributed by atoms with Gasteiger partial charge in [-0.25, -0.2) is 4.79 Å². The number of aromatic nitrogens is 2. The Morgan fingerprint density at radius 3 is 3.00 bits per heavy atom. The Hall–Kier alpha value is -3.03. The highest BCUT2D eigenvalue weighted by Crippen LogP contribution is 2.35. The molecule has 8 nitrogen and oxygen atoms in total. The standard InChI is InChI=1S/C12H10N4O4/c13-11-9(10(12(18)19)15-16-11)5-1-2-7-6(3-5)14-8(17)4-20-7/h1-3H,4H2,(H,14,17)(H,18,19)(H3,13,15,16). The van der Waals surface area contributed by atoms with Crippen molar-refractivity contribution in [2.45, 2.75) is 0 Å². The lowest BCUT2D eigenvalue weighted by atomic mass is 10.0. The minimum atomic E-state index is -1.16. The van der Waals surface area contributed by atoms with E-state index in [2.05, 4.69) is 15.5 Å². The number of carbonyl (C=O) groups excluding carboxylic acids is 1. The zero-order valence-electron chi connectivity index (χ0n) is 10.1. The van der Waals surface area contributed by atoms with Crippen LogP contribution < -0.4 is 15.8 Å². The van der Waals surface area contributed by atoms with E-state index in [1.54, 1.807) is 18.2 Å². The van der Waals surface area contributed by atoms with E-state index in [9.17, 15) is 9.59 Å². The quantitative estimate of drug-likeness (QED) is 0.637. The first-order valence-electron chi connectivity index (χ1n) is 5.70. The number of benzene rings is 1. The number of carboxylic acid groups (broad SMARTS) is 1. The van der Waals surface area contributed by atoms with E-state index in [4.69, 9.17) is 15.6 Å². The molecule has 1 aromatic carbocycles. The number of carboxylic acids is 1. The smallest absolute Gasteiger partial charge is 0.354 e. The summed E-state index contributed by atoms with van der Waals surface area (Å²) in [6, 6.07) is 4.90. The van der Waals surface area contributed by atoms with Gasteiger partial charge in [0, 0.05) is 0 Å². The number of carbonyl (C=O) groups is 2. The third-order valence-electron chi connectivity index (χ3n) is 2.91. The van der Waals surface area contributed by atoms with Crippen molar-refractivity contribution in [2.75, 3.05) is 17.7 Å². The van der Waals surface area contributed by atoms with Crippen LogP contribution in [0.1, 0.15) is 10.5 Å². The average molecular weight is 274 g/mol. The van der Waals surface area contributed by atoms with Crippen molar-refractivity contribution in [2.24, 2.45) is 0 Å². The third kappa shape index (κ3) is 1.83. The van der Waals surface area contributed by atoms with Gasteiger partial charge in [0.2, 0.25) is 0 Å². The highest BCUT2D eigenvalue weighted by molar-refractivity contribution is 6.00. The van der Waals surface area contributed by atoms with Crippen LogP contribution in [0.3, 0.4) is 0 Å². The van der Waals surface area contributed by atoms with Gasteiger partial charge in [-0.05, 0) is 17.7 Å². The van der Waals surface area contributed by atoms with E-state index >= 15 is 0 Å². The second kappa shape index (κ2) is 4.26. The maximum absolute atomic E-state index is 11.3. The number of amides is 1. The lowest BCUT2D eigenvalue weighted by Crippen LogP contribution is -2.25. The van der Waals surface area contributed by atoms with Gasteiger partial charge in [-0.15, -0.1) is 0 Å². The van der Waals surface area contributed by atoms with Crippen LogP contribution in [0, 0.1) is 0 Å². The second-order valence-corrected chi connectivity index (χ2v) is 4.21. The Balaban J connectivity index is 2.12. The molecule has 8 heteroatoms. The number of nitrogen functional groups attached to an aromatic ring is 1. The number of rotatable bonds is 2. The Morgan fingerprint density at radius 2 is 2.25 bits per heavy atom. The van der Waals surface area contributed by atoms with Gasteiger partial charge >= 0.3 is 5.97 Å². The molecule has 1 amide bonds. The van der Waals surface area contributed by atoms with Crippen LogP contribution in [0.2, 0.25) is 0 Å². The number of aromatic carboxylic acids is 1. The molecule has 0 saturated carbocycles. The van der Waals surface area contributed by atoms with Crippen LogP contribution in [-0.4, -0.2) is 33.8 Å². The third-order valence-corrected chi connectivity index (χ3v) is 2.91. The SMILES string of the molecule is Nc1n[nH]c(C(=O)O)c1-c1ccc2c(c1)NC(=O)CO2. The number of hydrogen-bond acceptors (Lipinski definition) is 5. The molecular weight excluding hydrogens is 264 g/mol. The first kappa shape index (κ1) is 12.0. The predicted molar refractivity (Wildman–Crippen MR) is 69.5 cm³/mol. The molecule has 0 atom stereocenters. The lowest BCUT2D eigenvalue weighted by Gasteiger charge is -2.18. The van der Waals surface area contributed by atoms with Crippen LogP contribution in [0.15, 0.2) is 18.2 Å². The summed E-state index contributed by atoms with van der Waals surface area (Å²) in [7, 11) is 0. The molecule has 0 spiro atoms. The van der Waals surface area contributed by atoms with Crippen molar-refractivity contribution in [3.05, 3.63) is 23.9 Å². The summed E-state index contributed by atoms with van der Waals surface area (Å²) in [4.78, 5) is 22.4. The van der Waals surface area contributed by atoms with Gasteiger partial charge in [0.1, 0.15) is 5.75 Å². The van der Waals surface area contributed by atoms with E-state index in [-0.39, 0.29) is 29.6 Å². The summed E-state index contributed by atoms with van der Waals surface area (Å²) in [6.45, 7) is -0.0411. The summed E-state index contributed by atoms with van der Waals surface area (Å²) < 4.78 is 5.23. The fourth-order valence-electron chi connectivity index (χ4n) is 2.04. The van der Waals surface area contributed by atoms with E-state index in [1.807, 2.05) is 0 Å². The minimum absolute atomic E-state index is 0.0411. The van der Waals surface area contributed by atoms with Crippen molar-refractivity contribution in [3.63, 3.8) is 0 Å². The molecule has 102 valence electrons. The molecule has 2 heterocycles. The van der Waals surface area contributed by atoms with Gasteiger partial charge in [0.25, 0.3) is 5.91 Å². The van der Waals surface area contributed by atoms with E-state index in [0.29, 0.717) is 17.0 Å². The monoisotopic (exact) mass is 274 g/mol. The lowest BCUT2D eigenvalue weighted by molar-refractivity contribution is -0.118.